The number of benzene rings is 1. The van der Waals surface area contributed by atoms with Gasteiger partial charge in [0.05, 0.1) is 5.29 Å². The molecule has 1 aromatic rings. The molecule has 0 bridgehead atoms. The average molecular weight is 191 g/mol. The number of rotatable bonds is 4. The summed E-state index contributed by atoms with van der Waals surface area (Å²) in [6, 6.07) is 8.97. The minimum Gasteiger partial charge on any atom is -0.251 e. The van der Waals surface area contributed by atoms with Crippen LogP contribution in [0, 0.1) is 4.91 Å². The molecule has 0 amide bonds. The quantitative estimate of drug-likeness (QED) is 0.241. The van der Waals surface area contributed by atoms with Crippen molar-refractivity contribution in [3.63, 3.8) is 0 Å². The lowest BCUT2D eigenvalue weighted by Gasteiger charge is -2.17. The van der Waals surface area contributed by atoms with Crippen LogP contribution >= 0.6 is 0 Å². The number of hydrogen-bond acceptors (Lipinski definition) is 3. The molecule has 0 aliphatic rings. The second-order valence-corrected chi connectivity index (χ2v) is 2.64. The highest BCUT2D eigenvalue weighted by atomic mass is 16.3. The van der Waals surface area contributed by atoms with E-state index in [9.17, 15) is 4.91 Å². The van der Waals surface area contributed by atoms with E-state index in [-0.39, 0.29) is 0 Å². The molecular weight excluding hydrogens is 182 g/mol. The van der Waals surface area contributed by atoms with Gasteiger partial charge in [-0.1, -0.05) is 35.4 Å². The van der Waals surface area contributed by atoms with Crippen molar-refractivity contribution >= 4 is 0 Å². The van der Waals surface area contributed by atoms with Crippen LogP contribution in [0.3, 0.4) is 0 Å². The van der Waals surface area contributed by atoms with Crippen molar-refractivity contribution in [3.8, 4) is 0 Å². The second-order valence-electron chi connectivity index (χ2n) is 2.64. The van der Waals surface area contributed by atoms with E-state index in [0.29, 0.717) is 0 Å². The van der Waals surface area contributed by atoms with Crippen LogP contribution in [0.25, 0.3) is 10.4 Å². The van der Waals surface area contributed by atoms with E-state index in [4.69, 9.17) is 5.53 Å². The van der Waals surface area contributed by atoms with Gasteiger partial charge in [0.2, 0.25) is 0 Å². The van der Waals surface area contributed by atoms with E-state index < -0.39 is 6.17 Å². The molecule has 1 aromatic carbocycles. The third-order valence-corrected chi connectivity index (χ3v) is 1.74. The minimum absolute atomic E-state index is 0.682. The molecule has 0 aliphatic heterocycles. The Labute approximate surface area is 80.7 Å². The van der Waals surface area contributed by atoms with Crippen molar-refractivity contribution in [2.24, 2.45) is 10.4 Å². The van der Waals surface area contributed by atoms with Gasteiger partial charge in [0, 0.05) is 12.0 Å². The van der Waals surface area contributed by atoms with E-state index >= 15 is 0 Å². The summed E-state index contributed by atoms with van der Waals surface area (Å²) in [7, 11) is 1.46. The van der Waals surface area contributed by atoms with Gasteiger partial charge in [-0.2, -0.15) is 0 Å². The maximum absolute atomic E-state index is 10.3. The predicted molar refractivity (Wildman–Crippen MR) is 51.9 cm³/mol. The smallest absolute Gasteiger partial charge is 0.153 e. The average Bonchev–Trinajstić information content (AvgIpc) is 2.26. The van der Waals surface area contributed by atoms with Gasteiger partial charge in [-0.05, 0) is 11.1 Å². The van der Waals surface area contributed by atoms with E-state index in [2.05, 4.69) is 15.3 Å². The highest BCUT2D eigenvalue weighted by molar-refractivity contribution is 5.18. The lowest BCUT2D eigenvalue weighted by molar-refractivity contribution is 0.259. The maximum atomic E-state index is 10.3. The van der Waals surface area contributed by atoms with Crippen LogP contribution in [0.5, 0.6) is 0 Å². The molecule has 0 fully saturated rings. The number of nitrogens with zero attached hydrogens (tertiary/aromatic N) is 5. The molecule has 6 heteroatoms. The first-order chi connectivity index (χ1) is 6.79. The zero-order chi connectivity index (χ0) is 10.4. The molecule has 0 saturated heterocycles. The molecular formula is C8H9N5O. The first-order valence-electron chi connectivity index (χ1n) is 3.95. The lowest BCUT2D eigenvalue weighted by atomic mass is 10.2. The van der Waals surface area contributed by atoms with E-state index in [1.54, 1.807) is 24.3 Å². The topological polar surface area (TPSA) is 81.4 Å². The van der Waals surface area contributed by atoms with Gasteiger partial charge >= 0.3 is 0 Å². The summed E-state index contributed by atoms with van der Waals surface area (Å²) in [6.45, 7) is 0. The first kappa shape index (κ1) is 10.0. The largest absolute Gasteiger partial charge is 0.251 e. The van der Waals surface area contributed by atoms with Gasteiger partial charge in [-0.25, -0.2) is 0 Å². The molecule has 0 aromatic heterocycles. The standard InChI is InChI=1S/C8H9N5O/c1-13(12-14)8(10-11-9)7-5-3-2-4-6-7/h2-6,8H,1H3. The number of nitroso groups, excluding NO2 is 1. The molecule has 0 heterocycles. The van der Waals surface area contributed by atoms with Crippen molar-refractivity contribution in [1.82, 2.24) is 5.01 Å². The highest BCUT2D eigenvalue weighted by Gasteiger charge is 2.13. The molecule has 6 nitrogen and oxygen atoms in total. The monoisotopic (exact) mass is 191 g/mol. The molecule has 0 saturated carbocycles. The summed E-state index contributed by atoms with van der Waals surface area (Å²) >= 11 is 0. The van der Waals surface area contributed by atoms with Crippen molar-refractivity contribution in [2.45, 2.75) is 6.17 Å². The van der Waals surface area contributed by atoms with Gasteiger partial charge in [-0.15, -0.1) is 4.91 Å². The summed E-state index contributed by atoms with van der Waals surface area (Å²) in [4.78, 5) is 13.0. The summed E-state index contributed by atoms with van der Waals surface area (Å²) in [5.74, 6) is 0. The molecule has 0 aliphatic carbocycles. The predicted octanol–water partition coefficient (Wildman–Crippen LogP) is 2.61. The molecule has 1 rings (SSSR count). The molecule has 14 heavy (non-hydrogen) atoms. The SMILES string of the molecule is CN(N=O)C(N=[N+]=[N-])c1ccccc1. The van der Waals surface area contributed by atoms with Crippen molar-refractivity contribution in [1.29, 1.82) is 0 Å². The van der Waals surface area contributed by atoms with Crippen LogP contribution in [0.2, 0.25) is 0 Å². The van der Waals surface area contributed by atoms with Gasteiger partial charge in [0.25, 0.3) is 0 Å². The Kier molecular flexibility index (Phi) is 3.46. The molecule has 1 atom stereocenters. The van der Waals surface area contributed by atoms with Crippen molar-refractivity contribution in [3.05, 3.63) is 51.2 Å². The van der Waals surface area contributed by atoms with E-state index in [1.165, 1.54) is 7.05 Å². The normalized spacial score (nSPS) is 11.2. The van der Waals surface area contributed by atoms with Crippen LogP contribution in [0.1, 0.15) is 11.7 Å². The van der Waals surface area contributed by atoms with E-state index in [1.807, 2.05) is 6.07 Å². The zero-order valence-corrected chi connectivity index (χ0v) is 7.61. The molecule has 0 radical (unpaired) electrons. The third-order valence-electron chi connectivity index (χ3n) is 1.74. The van der Waals surface area contributed by atoms with E-state index in [0.717, 1.165) is 10.6 Å². The minimum atomic E-state index is -0.682. The zero-order valence-electron chi connectivity index (χ0n) is 7.61. The first-order valence-corrected chi connectivity index (χ1v) is 3.95. The van der Waals surface area contributed by atoms with Crippen LogP contribution in [-0.2, 0) is 0 Å². The van der Waals surface area contributed by atoms with Gasteiger partial charge < -0.3 is 0 Å². The summed E-state index contributed by atoms with van der Waals surface area (Å²) in [5.41, 5.74) is 9.06. The lowest BCUT2D eigenvalue weighted by Crippen LogP contribution is -2.15. The number of azide groups is 1. The fourth-order valence-corrected chi connectivity index (χ4v) is 1.08. The maximum Gasteiger partial charge on any atom is 0.153 e. The summed E-state index contributed by atoms with van der Waals surface area (Å²) < 4.78 is 0. The number of hydrogen-bond donors (Lipinski definition) is 0. The summed E-state index contributed by atoms with van der Waals surface area (Å²) in [6.07, 6.45) is -0.682. The van der Waals surface area contributed by atoms with Gasteiger partial charge in [0.1, 0.15) is 0 Å². The van der Waals surface area contributed by atoms with Crippen LogP contribution < -0.4 is 0 Å². The molecule has 72 valence electrons. The highest BCUT2D eigenvalue weighted by Crippen LogP contribution is 2.20. The second kappa shape index (κ2) is 4.84. The summed E-state index contributed by atoms with van der Waals surface area (Å²) in [5, 5.41) is 7.24. The Morgan fingerprint density at radius 2 is 2.07 bits per heavy atom. The Balaban J connectivity index is 3.00. The third kappa shape index (κ3) is 2.21. The van der Waals surface area contributed by atoms with Crippen LogP contribution in [0.4, 0.5) is 0 Å². The fraction of sp³-hybridized carbons (Fsp3) is 0.250. The Morgan fingerprint density at radius 3 is 2.57 bits per heavy atom. The Morgan fingerprint density at radius 1 is 1.43 bits per heavy atom. The Hall–Kier alpha value is -2.07. The van der Waals surface area contributed by atoms with Crippen LogP contribution in [-0.4, -0.2) is 12.1 Å². The van der Waals surface area contributed by atoms with Crippen molar-refractivity contribution in [2.75, 3.05) is 7.05 Å². The molecule has 1 unspecified atom stereocenters. The van der Waals surface area contributed by atoms with Gasteiger partial charge in [0.15, 0.2) is 6.17 Å². The van der Waals surface area contributed by atoms with Gasteiger partial charge in [-0.3, -0.25) is 5.01 Å². The Bertz CT molecular complexity index is 346. The molecule has 0 N–H and O–H groups in total. The fourth-order valence-electron chi connectivity index (χ4n) is 1.08. The van der Waals surface area contributed by atoms with Crippen molar-refractivity contribution < 1.29 is 0 Å². The van der Waals surface area contributed by atoms with Crippen LogP contribution in [0.15, 0.2) is 40.7 Å². The molecule has 0 spiro atoms.